The van der Waals surface area contributed by atoms with Crippen LogP contribution in [0.2, 0.25) is 0 Å². The first kappa shape index (κ1) is 12.6. The van der Waals surface area contributed by atoms with Crippen LogP contribution in [0.25, 0.3) is 10.9 Å². The number of nitrogens with zero attached hydrogens (tertiary/aromatic N) is 2. The van der Waals surface area contributed by atoms with Gasteiger partial charge in [0.15, 0.2) is 0 Å². The topological polar surface area (TPSA) is 55.1 Å². The van der Waals surface area contributed by atoms with Crippen molar-refractivity contribution in [3.05, 3.63) is 30.0 Å². The molecule has 0 aliphatic rings. The van der Waals surface area contributed by atoms with Gasteiger partial charge in [-0.15, -0.1) is 0 Å². The average molecular weight is 246 g/mol. The Balaban J connectivity index is 2.40. The fraction of sp³-hybridized carbons (Fsp3) is 0.429. The van der Waals surface area contributed by atoms with Crippen molar-refractivity contribution in [2.45, 2.75) is 39.2 Å². The lowest BCUT2D eigenvalue weighted by Gasteiger charge is -2.13. The van der Waals surface area contributed by atoms with Gasteiger partial charge in [-0.25, -0.2) is 4.79 Å². The molecule has 2 aromatic rings. The van der Waals surface area contributed by atoms with Gasteiger partial charge in [-0.2, -0.15) is 5.10 Å². The minimum absolute atomic E-state index is 0.311. The Kier molecular flexibility index (Phi) is 3.65. The third kappa shape index (κ3) is 2.37. The molecule has 1 unspecified atom stereocenters. The summed E-state index contributed by atoms with van der Waals surface area (Å²) in [7, 11) is 0. The summed E-state index contributed by atoms with van der Waals surface area (Å²) in [5.74, 6) is -0.898. The number of aromatic nitrogens is 2. The molecule has 18 heavy (non-hydrogen) atoms. The van der Waals surface area contributed by atoms with Gasteiger partial charge in [0.1, 0.15) is 0 Å². The molecule has 0 saturated carbocycles. The number of fused-ring (bicyclic) bond motifs is 1. The van der Waals surface area contributed by atoms with Crippen molar-refractivity contribution in [2.24, 2.45) is 0 Å². The number of rotatable bonds is 5. The number of carboxylic acid groups (broad SMARTS) is 1. The highest BCUT2D eigenvalue weighted by Crippen LogP contribution is 2.21. The summed E-state index contributed by atoms with van der Waals surface area (Å²) in [6.07, 6.45) is 5.20. The van der Waals surface area contributed by atoms with Crippen LogP contribution < -0.4 is 0 Å². The second-order valence-corrected chi connectivity index (χ2v) is 4.54. The molecular weight excluding hydrogens is 228 g/mol. The van der Waals surface area contributed by atoms with Gasteiger partial charge < -0.3 is 5.11 Å². The van der Waals surface area contributed by atoms with Crippen molar-refractivity contribution in [1.29, 1.82) is 0 Å². The molecule has 0 aliphatic heterocycles. The normalized spacial score (nSPS) is 12.8. The third-order valence-corrected chi connectivity index (χ3v) is 3.24. The summed E-state index contributed by atoms with van der Waals surface area (Å²) in [6.45, 7) is 4.31. The monoisotopic (exact) mass is 246 g/mol. The Bertz CT molecular complexity index is 560. The van der Waals surface area contributed by atoms with Gasteiger partial charge in [-0.3, -0.25) is 4.68 Å². The largest absolute Gasteiger partial charge is 0.478 e. The van der Waals surface area contributed by atoms with Crippen molar-refractivity contribution in [2.75, 3.05) is 0 Å². The lowest BCUT2D eigenvalue weighted by Crippen LogP contribution is -2.07. The number of benzene rings is 1. The molecule has 0 bridgehead atoms. The maximum atomic E-state index is 10.9. The molecule has 1 aromatic carbocycles. The van der Waals surface area contributed by atoms with E-state index in [-0.39, 0.29) is 0 Å². The summed E-state index contributed by atoms with van der Waals surface area (Å²) in [5.41, 5.74) is 1.17. The summed E-state index contributed by atoms with van der Waals surface area (Å²) in [5, 5.41) is 14.4. The summed E-state index contributed by atoms with van der Waals surface area (Å²) in [6, 6.07) is 5.45. The predicted octanol–water partition coefficient (Wildman–Crippen LogP) is 3.49. The molecule has 4 nitrogen and oxygen atoms in total. The van der Waals surface area contributed by atoms with Crippen molar-refractivity contribution in [3.63, 3.8) is 0 Å². The van der Waals surface area contributed by atoms with Gasteiger partial charge in [0.05, 0.1) is 17.1 Å². The van der Waals surface area contributed by atoms with Crippen LogP contribution in [0.5, 0.6) is 0 Å². The van der Waals surface area contributed by atoms with Crippen molar-refractivity contribution in [1.82, 2.24) is 9.78 Å². The number of hydrogen-bond donors (Lipinski definition) is 1. The molecule has 2 rings (SSSR count). The van der Waals surface area contributed by atoms with E-state index in [0.29, 0.717) is 11.6 Å². The summed E-state index contributed by atoms with van der Waals surface area (Å²) >= 11 is 0. The highest BCUT2D eigenvalue weighted by Gasteiger charge is 2.11. The maximum Gasteiger partial charge on any atom is 0.335 e. The maximum absolute atomic E-state index is 10.9. The predicted molar refractivity (Wildman–Crippen MR) is 70.9 cm³/mol. The van der Waals surface area contributed by atoms with Gasteiger partial charge in [0.25, 0.3) is 0 Å². The van der Waals surface area contributed by atoms with E-state index in [9.17, 15) is 4.79 Å². The van der Waals surface area contributed by atoms with Crippen LogP contribution >= 0.6 is 0 Å². The van der Waals surface area contributed by atoms with Gasteiger partial charge in [-0.1, -0.05) is 20.3 Å². The Morgan fingerprint density at radius 1 is 1.44 bits per heavy atom. The van der Waals surface area contributed by atoms with Crippen LogP contribution in [-0.4, -0.2) is 20.9 Å². The van der Waals surface area contributed by atoms with E-state index in [1.54, 1.807) is 18.2 Å². The van der Waals surface area contributed by atoms with E-state index in [2.05, 4.69) is 18.9 Å². The quantitative estimate of drug-likeness (QED) is 0.878. The lowest BCUT2D eigenvalue weighted by atomic mass is 10.1. The molecule has 96 valence electrons. The number of aromatic carboxylic acids is 1. The second-order valence-electron chi connectivity index (χ2n) is 4.54. The Labute approximate surface area is 106 Å². The average Bonchev–Trinajstić information content (AvgIpc) is 2.78. The van der Waals surface area contributed by atoms with E-state index in [1.165, 1.54) is 0 Å². The lowest BCUT2D eigenvalue weighted by molar-refractivity contribution is 0.0697. The van der Waals surface area contributed by atoms with E-state index in [0.717, 1.165) is 30.2 Å². The number of carbonyl (C=O) groups is 1. The van der Waals surface area contributed by atoms with E-state index in [1.807, 2.05) is 10.9 Å². The summed E-state index contributed by atoms with van der Waals surface area (Å²) < 4.78 is 1.97. The number of hydrogen-bond acceptors (Lipinski definition) is 2. The molecule has 0 fully saturated rings. The van der Waals surface area contributed by atoms with E-state index in [4.69, 9.17) is 5.11 Å². The Morgan fingerprint density at radius 2 is 2.22 bits per heavy atom. The Hall–Kier alpha value is -1.84. The minimum Gasteiger partial charge on any atom is -0.478 e. The zero-order valence-electron chi connectivity index (χ0n) is 10.8. The third-order valence-electron chi connectivity index (χ3n) is 3.24. The van der Waals surface area contributed by atoms with Crippen molar-refractivity contribution >= 4 is 16.9 Å². The SMILES string of the molecule is CCCC(CC)n1cc2cc(C(=O)O)ccc2n1. The fourth-order valence-corrected chi connectivity index (χ4v) is 2.22. The van der Waals surface area contributed by atoms with Crippen LogP contribution in [-0.2, 0) is 0 Å². The van der Waals surface area contributed by atoms with Gasteiger partial charge in [-0.05, 0) is 31.0 Å². The van der Waals surface area contributed by atoms with Crippen LogP contribution in [0, 0.1) is 0 Å². The number of carboxylic acids is 1. The Morgan fingerprint density at radius 3 is 2.83 bits per heavy atom. The van der Waals surface area contributed by atoms with Crippen LogP contribution in [0.1, 0.15) is 49.5 Å². The molecule has 4 heteroatoms. The zero-order valence-corrected chi connectivity index (χ0v) is 10.8. The van der Waals surface area contributed by atoms with Crippen LogP contribution in [0.4, 0.5) is 0 Å². The standard InChI is InChI=1S/C14H18N2O2/c1-3-5-12(4-2)16-9-11-8-10(14(17)18)6-7-13(11)15-16/h6-9,12H,3-5H2,1-2H3,(H,17,18). The molecule has 1 heterocycles. The molecule has 0 aliphatic carbocycles. The fourth-order valence-electron chi connectivity index (χ4n) is 2.22. The molecule has 0 spiro atoms. The van der Waals surface area contributed by atoms with Gasteiger partial charge in [0.2, 0.25) is 0 Å². The van der Waals surface area contributed by atoms with Gasteiger partial charge in [0, 0.05) is 11.6 Å². The van der Waals surface area contributed by atoms with Crippen molar-refractivity contribution < 1.29 is 9.90 Å². The molecule has 0 saturated heterocycles. The van der Waals surface area contributed by atoms with Crippen LogP contribution in [0.3, 0.4) is 0 Å². The minimum atomic E-state index is -0.898. The molecule has 0 amide bonds. The van der Waals surface area contributed by atoms with E-state index >= 15 is 0 Å². The second kappa shape index (κ2) is 5.21. The first-order valence-corrected chi connectivity index (χ1v) is 6.38. The molecule has 1 aromatic heterocycles. The zero-order chi connectivity index (χ0) is 13.1. The van der Waals surface area contributed by atoms with Crippen LogP contribution in [0.15, 0.2) is 24.4 Å². The highest BCUT2D eigenvalue weighted by molar-refractivity contribution is 5.93. The molecule has 1 atom stereocenters. The molecule has 0 radical (unpaired) electrons. The van der Waals surface area contributed by atoms with E-state index < -0.39 is 5.97 Å². The first-order chi connectivity index (χ1) is 8.65. The molecular formula is C14H18N2O2. The smallest absolute Gasteiger partial charge is 0.335 e. The van der Waals surface area contributed by atoms with Crippen molar-refractivity contribution in [3.8, 4) is 0 Å². The van der Waals surface area contributed by atoms with Gasteiger partial charge >= 0.3 is 5.97 Å². The summed E-state index contributed by atoms with van der Waals surface area (Å²) in [4.78, 5) is 10.9. The molecule has 1 N–H and O–H groups in total. The highest BCUT2D eigenvalue weighted by atomic mass is 16.4. The first-order valence-electron chi connectivity index (χ1n) is 6.38.